The van der Waals surface area contributed by atoms with Crippen molar-refractivity contribution < 1.29 is 23.5 Å². The van der Waals surface area contributed by atoms with Crippen LogP contribution in [0, 0.1) is 25.5 Å². The molecule has 1 aromatic carbocycles. The van der Waals surface area contributed by atoms with Gasteiger partial charge in [-0.2, -0.15) is 0 Å². The third-order valence-corrected chi connectivity index (χ3v) is 3.19. The second-order valence-corrected chi connectivity index (χ2v) is 4.90. The van der Waals surface area contributed by atoms with Gasteiger partial charge in [0, 0.05) is 17.0 Å². The molecule has 2 aromatic rings. The van der Waals surface area contributed by atoms with Crippen LogP contribution in [0.15, 0.2) is 24.3 Å². The van der Waals surface area contributed by atoms with Crippen molar-refractivity contribution in [1.29, 1.82) is 0 Å². The summed E-state index contributed by atoms with van der Waals surface area (Å²) in [5, 5.41) is 11.4. The molecule has 0 aliphatic carbocycles. The van der Waals surface area contributed by atoms with Crippen LogP contribution in [0.5, 0.6) is 0 Å². The predicted octanol–water partition coefficient (Wildman–Crippen LogP) is 2.47. The molecule has 22 heavy (non-hydrogen) atoms. The van der Waals surface area contributed by atoms with E-state index in [2.05, 4.69) is 10.3 Å². The van der Waals surface area contributed by atoms with Gasteiger partial charge in [-0.3, -0.25) is 4.79 Å². The van der Waals surface area contributed by atoms with Crippen LogP contribution >= 0.6 is 0 Å². The zero-order valence-electron chi connectivity index (χ0n) is 11.9. The Hall–Kier alpha value is -2.70. The number of aromatic nitrogens is 1. The molecule has 0 aliphatic heterocycles. The van der Waals surface area contributed by atoms with E-state index in [-0.39, 0.29) is 5.56 Å². The fourth-order valence-corrected chi connectivity index (χ4v) is 2.18. The van der Waals surface area contributed by atoms with Crippen LogP contribution in [0.2, 0.25) is 0 Å². The van der Waals surface area contributed by atoms with E-state index in [1.807, 2.05) is 0 Å². The lowest BCUT2D eigenvalue weighted by Crippen LogP contribution is -2.34. The number of aryl methyl sites for hydroxylation is 2. The smallest absolute Gasteiger partial charge is 0.331 e. The summed E-state index contributed by atoms with van der Waals surface area (Å²) in [6.07, 6.45) is 0. The molecule has 1 aromatic heterocycles. The molecule has 2 rings (SSSR count). The maximum absolute atomic E-state index is 13.7. The first kappa shape index (κ1) is 15.7. The normalized spacial score (nSPS) is 12.0. The molecule has 1 atom stereocenters. The van der Waals surface area contributed by atoms with E-state index >= 15 is 0 Å². The van der Waals surface area contributed by atoms with E-state index < -0.39 is 35.1 Å². The molecule has 3 N–H and O–H groups in total. The van der Waals surface area contributed by atoms with E-state index in [0.29, 0.717) is 5.69 Å². The number of aliphatic carboxylic acids is 1. The Balaban J connectivity index is 2.34. The number of aromatic amines is 1. The van der Waals surface area contributed by atoms with E-state index in [4.69, 9.17) is 0 Å². The lowest BCUT2D eigenvalue weighted by Gasteiger charge is -2.15. The molecular formula is C15H14F2N2O3. The fourth-order valence-electron chi connectivity index (χ4n) is 2.18. The third kappa shape index (κ3) is 3.13. The van der Waals surface area contributed by atoms with Crippen molar-refractivity contribution in [3.63, 3.8) is 0 Å². The van der Waals surface area contributed by atoms with Crippen molar-refractivity contribution in [2.75, 3.05) is 0 Å². The van der Waals surface area contributed by atoms with Gasteiger partial charge < -0.3 is 15.4 Å². The number of carbonyl (C=O) groups is 2. The standard InChI is InChI=1S/C15H14F2N2O3/c1-7-5-10(8(2)18-7)14(20)19-13(15(21)22)11-6-9(16)3-4-12(11)17/h3-6,13,18H,1-2H3,(H,19,20)(H,21,22). The summed E-state index contributed by atoms with van der Waals surface area (Å²) in [6.45, 7) is 3.39. The van der Waals surface area contributed by atoms with Gasteiger partial charge in [0.15, 0.2) is 6.04 Å². The zero-order chi connectivity index (χ0) is 16.4. The summed E-state index contributed by atoms with van der Waals surface area (Å²) in [5.41, 5.74) is 1.09. The highest BCUT2D eigenvalue weighted by Crippen LogP contribution is 2.20. The third-order valence-electron chi connectivity index (χ3n) is 3.19. The Morgan fingerprint density at radius 1 is 1.23 bits per heavy atom. The molecule has 116 valence electrons. The maximum Gasteiger partial charge on any atom is 0.331 e. The lowest BCUT2D eigenvalue weighted by atomic mass is 10.1. The molecule has 0 aliphatic rings. The van der Waals surface area contributed by atoms with Crippen LogP contribution < -0.4 is 5.32 Å². The Bertz CT molecular complexity index is 740. The van der Waals surface area contributed by atoms with E-state index in [1.54, 1.807) is 19.9 Å². The number of nitrogens with one attached hydrogen (secondary N) is 2. The Morgan fingerprint density at radius 2 is 1.91 bits per heavy atom. The highest BCUT2D eigenvalue weighted by atomic mass is 19.1. The van der Waals surface area contributed by atoms with Gasteiger partial charge in [0.05, 0.1) is 5.56 Å². The van der Waals surface area contributed by atoms with Gasteiger partial charge >= 0.3 is 5.97 Å². The SMILES string of the molecule is Cc1cc(C(=O)NC(C(=O)O)c2cc(F)ccc2F)c(C)[nH]1. The summed E-state index contributed by atoms with van der Waals surface area (Å²) < 4.78 is 27.0. The van der Waals surface area contributed by atoms with E-state index in [0.717, 1.165) is 23.9 Å². The number of halogens is 2. The average molecular weight is 308 g/mol. The highest BCUT2D eigenvalue weighted by molar-refractivity contribution is 5.98. The summed E-state index contributed by atoms with van der Waals surface area (Å²) in [7, 11) is 0. The second-order valence-electron chi connectivity index (χ2n) is 4.90. The van der Waals surface area contributed by atoms with Crippen molar-refractivity contribution in [1.82, 2.24) is 10.3 Å². The summed E-state index contributed by atoms with van der Waals surface area (Å²) in [5.74, 6) is -3.86. The zero-order valence-corrected chi connectivity index (χ0v) is 11.9. The van der Waals surface area contributed by atoms with Crippen molar-refractivity contribution in [2.24, 2.45) is 0 Å². The molecule has 1 amide bonds. The highest BCUT2D eigenvalue weighted by Gasteiger charge is 2.27. The minimum Gasteiger partial charge on any atom is -0.479 e. The topological polar surface area (TPSA) is 82.2 Å². The number of benzene rings is 1. The molecule has 5 nitrogen and oxygen atoms in total. The number of carbonyl (C=O) groups excluding carboxylic acids is 1. The molecule has 0 fully saturated rings. The van der Waals surface area contributed by atoms with Crippen LogP contribution in [0.4, 0.5) is 8.78 Å². The molecule has 0 spiro atoms. The van der Waals surface area contributed by atoms with Gasteiger partial charge in [-0.15, -0.1) is 0 Å². The maximum atomic E-state index is 13.7. The second kappa shape index (κ2) is 5.97. The Kier molecular flexibility index (Phi) is 4.25. The largest absolute Gasteiger partial charge is 0.479 e. The summed E-state index contributed by atoms with van der Waals surface area (Å²) in [6, 6.07) is 2.31. The van der Waals surface area contributed by atoms with Gasteiger partial charge in [-0.25, -0.2) is 13.6 Å². The van der Waals surface area contributed by atoms with E-state index in [1.165, 1.54) is 0 Å². The molecule has 1 unspecified atom stereocenters. The van der Waals surface area contributed by atoms with Gasteiger partial charge in [0.1, 0.15) is 11.6 Å². The molecule has 7 heteroatoms. The Morgan fingerprint density at radius 3 is 2.45 bits per heavy atom. The summed E-state index contributed by atoms with van der Waals surface area (Å²) in [4.78, 5) is 26.4. The van der Waals surface area contributed by atoms with Crippen molar-refractivity contribution in [2.45, 2.75) is 19.9 Å². The van der Waals surface area contributed by atoms with Gasteiger partial charge in [0.25, 0.3) is 5.91 Å². The molecule has 0 saturated carbocycles. The van der Waals surface area contributed by atoms with Crippen LogP contribution in [0.3, 0.4) is 0 Å². The van der Waals surface area contributed by atoms with Gasteiger partial charge in [-0.05, 0) is 38.1 Å². The first-order chi connectivity index (χ1) is 10.3. The number of hydrogen-bond acceptors (Lipinski definition) is 2. The quantitative estimate of drug-likeness (QED) is 0.811. The molecular weight excluding hydrogens is 294 g/mol. The number of hydrogen-bond donors (Lipinski definition) is 3. The van der Waals surface area contributed by atoms with Gasteiger partial charge in [-0.1, -0.05) is 0 Å². The fraction of sp³-hybridized carbons (Fsp3) is 0.200. The van der Waals surface area contributed by atoms with E-state index in [9.17, 15) is 23.5 Å². The van der Waals surface area contributed by atoms with Crippen molar-refractivity contribution in [3.05, 3.63) is 58.4 Å². The van der Waals surface area contributed by atoms with Crippen LogP contribution in [0.1, 0.15) is 33.4 Å². The van der Waals surface area contributed by atoms with Crippen molar-refractivity contribution in [3.8, 4) is 0 Å². The molecule has 0 bridgehead atoms. The Labute approximate surface area is 125 Å². The summed E-state index contributed by atoms with van der Waals surface area (Å²) >= 11 is 0. The average Bonchev–Trinajstić information content (AvgIpc) is 2.77. The van der Waals surface area contributed by atoms with Crippen LogP contribution in [-0.4, -0.2) is 22.0 Å². The molecule has 0 saturated heterocycles. The molecule has 1 heterocycles. The number of rotatable bonds is 4. The minimum absolute atomic E-state index is 0.251. The number of H-pyrrole nitrogens is 1. The van der Waals surface area contributed by atoms with Crippen LogP contribution in [0.25, 0.3) is 0 Å². The lowest BCUT2D eigenvalue weighted by molar-refractivity contribution is -0.139. The van der Waals surface area contributed by atoms with Gasteiger partial charge in [0.2, 0.25) is 0 Å². The first-order valence-corrected chi connectivity index (χ1v) is 6.44. The number of carboxylic acid groups (broad SMARTS) is 1. The molecule has 0 radical (unpaired) electrons. The van der Waals surface area contributed by atoms with Crippen molar-refractivity contribution >= 4 is 11.9 Å². The number of carboxylic acids is 1. The number of amides is 1. The monoisotopic (exact) mass is 308 g/mol. The minimum atomic E-state index is -1.68. The predicted molar refractivity (Wildman–Crippen MR) is 74.5 cm³/mol. The van der Waals surface area contributed by atoms with Crippen LogP contribution in [-0.2, 0) is 4.79 Å². The first-order valence-electron chi connectivity index (χ1n) is 6.44.